The molecule has 0 unspecified atom stereocenters. The van der Waals surface area contributed by atoms with E-state index in [0.29, 0.717) is 13.1 Å². The van der Waals surface area contributed by atoms with Gasteiger partial charge in [-0.3, -0.25) is 14.9 Å². The first kappa shape index (κ1) is 11.6. The largest absolute Gasteiger partial charge is 0.342 e. The number of likely N-dealkylation sites (N-methyl/N-ethyl adjacent to an activating group) is 1. The Bertz CT molecular complexity index is 471. The summed E-state index contributed by atoms with van der Waals surface area (Å²) in [5.41, 5.74) is 1.89. The molecule has 2 rings (SSSR count). The van der Waals surface area contributed by atoms with Gasteiger partial charge in [0, 0.05) is 25.2 Å². The highest BCUT2D eigenvalue weighted by Crippen LogP contribution is 2.22. The average Bonchev–Trinajstić information content (AvgIpc) is 2.46. The first-order chi connectivity index (χ1) is 8.11. The number of nitro benzene ring substituents is 1. The molecule has 0 radical (unpaired) electrons. The molecule has 1 aliphatic rings. The van der Waals surface area contributed by atoms with Crippen LogP contribution in [0.1, 0.15) is 18.1 Å². The number of hydrogen-bond acceptors (Lipinski definition) is 3. The summed E-state index contributed by atoms with van der Waals surface area (Å²) in [6.07, 6.45) is 1.04. The molecule has 0 spiro atoms. The molecule has 0 atom stereocenters. The Morgan fingerprint density at radius 1 is 1.41 bits per heavy atom. The van der Waals surface area contributed by atoms with Gasteiger partial charge >= 0.3 is 0 Å². The zero-order valence-electron chi connectivity index (χ0n) is 9.68. The lowest BCUT2D eigenvalue weighted by Gasteiger charge is -2.17. The monoisotopic (exact) mass is 234 g/mol. The predicted octanol–water partition coefficient (Wildman–Crippen LogP) is 1.54. The summed E-state index contributed by atoms with van der Waals surface area (Å²) in [5, 5.41) is 10.7. The summed E-state index contributed by atoms with van der Waals surface area (Å²) in [6.45, 7) is 3.32. The second kappa shape index (κ2) is 4.53. The fraction of sp³-hybridized carbons (Fsp3) is 0.417. The van der Waals surface area contributed by atoms with Gasteiger partial charge in [0.05, 0.1) is 11.3 Å². The van der Waals surface area contributed by atoms with E-state index in [1.807, 2.05) is 6.92 Å². The maximum absolute atomic E-state index is 11.8. The van der Waals surface area contributed by atoms with E-state index in [1.54, 1.807) is 11.0 Å². The Balaban J connectivity index is 2.34. The fourth-order valence-corrected chi connectivity index (χ4v) is 2.12. The average molecular weight is 234 g/mol. The lowest BCUT2D eigenvalue weighted by Crippen LogP contribution is -2.31. The number of fused-ring (bicyclic) bond motifs is 1. The van der Waals surface area contributed by atoms with Crippen molar-refractivity contribution >= 4 is 11.6 Å². The third kappa shape index (κ3) is 2.27. The zero-order chi connectivity index (χ0) is 12.4. The highest BCUT2D eigenvalue weighted by molar-refractivity contribution is 5.80. The predicted molar refractivity (Wildman–Crippen MR) is 62.8 cm³/mol. The van der Waals surface area contributed by atoms with E-state index in [0.717, 1.165) is 17.5 Å². The maximum atomic E-state index is 11.8. The molecule has 0 saturated heterocycles. The van der Waals surface area contributed by atoms with E-state index < -0.39 is 4.92 Å². The van der Waals surface area contributed by atoms with Crippen LogP contribution >= 0.6 is 0 Å². The van der Waals surface area contributed by atoms with E-state index in [1.165, 1.54) is 12.1 Å². The summed E-state index contributed by atoms with van der Waals surface area (Å²) in [4.78, 5) is 23.9. The zero-order valence-corrected chi connectivity index (χ0v) is 9.68. The molecule has 0 aromatic heterocycles. The number of hydrogen-bond donors (Lipinski definition) is 0. The molecule has 0 bridgehead atoms. The molecule has 0 N–H and O–H groups in total. The first-order valence-electron chi connectivity index (χ1n) is 5.65. The van der Waals surface area contributed by atoms with Crippen molar-refractivity contribution in [2.75, 3.05) is 13.1 Å². The van der Waals surface area contributed by atoms with E-state index in [4.69, 9.17) is 0 Å². The van der Waals surface area contributed by atoms with E-state index in [-0.39, 0.29) is 18.0 Å². The molecule has 90 valence electrons. The van der Waals surface area contributed by atoms with Crippen LogP contribution in [0.5, 0.6) is 0 Å². The van der Waals surface area contributed by atoms with Crippen LogP contribution in [0.25, 0.3) is 0 Å². The van der Waals surface area contributed by atoms with Crippen molar-refractivity contribution in [3.05, 3.63) is 39.4 Å². The number of nitrogens with zero attached hydrogens (tertiary/aromatic N) is 2. The number of nitro groups is 1. The summed E-state index contributed by atoms with van der Waals surface area (Å²) < 4.78 is 0. The van der Waals surface area contributed by atoms with Gasteiger partial charge in [-0.1, -0.05) is 6.07 Å². The molecule has 5 heteroatoms. The Labute approximate surface area is 99.2 Å². The smallest absolute Gasteiger partial charge is 0.269 e. The molecule has 1 amide bonds. The summed E-state index contributed by atoms with van der Waals surface area (Å²) in [7, 11) is 0. The fourth-order valence-electron chi connectivity index (χ4n) is 2.12. The number of rotatable bonds is 2. The van der Waals surface area contributed by atoms with Gasteiger partial charge in [-0.25, -0.2) is 0 Å². The van der Waals surface area contributed by atoms with Crippen molar-refractivity contribution in [3.63, 3.8) is 0 Å². The van der Waals surface area contributed by atoms with Gasteiger partial charge in [0.25, 0.3) is 5.69 Å². The van der Waals surface area contributed by atoms with Gasteiger partial charge in [0.15, 0.2) is 0 Å². The van der Waals surface area contributed by atoms with Gasteiger partial charge in [0.2, 0.25) is 5.91 Å². The lowest BCUT2D eigenvalue weighted by molar-refractivity contribution is -0.384. The third-order valence-corrected chi connectivity index (χ3v) is 3.13. The van der Waals surface area contributed by atoms with Crippen molar-refractivity contribution in [2.45, 2.75) is 19.8 Å². The minimum atomic E-state index is -0.423. The number of benzene rings is 1. The highest BCUT2D eigenvalue weighted by atomic mass is 16.6. The normalized spacial score (nSPS) is 15.4. The Morgan fingerprint density at radius 2 is 2.18 bits per heavy atom. The number of non-ortho nitro benzene ring substituents is 1. The van der Waals surface area contributed by atoms with Gasteiger partial charge in [-0.05, 0) is 24.5 Å². The Morgan fingerprint density at radius 3 is 2.82 bits per heavy atom. The second-order valence-electron chi connectivity index (χ2n) is 4.11. The number of amides is 1. The van der Waals surface area contributed by atoms with E-state index in [2.05, 4.69) is 0 Å². The lowest BCUT2D eigenvalue weighted by atomic mass is 10.0. The minimum Gasteiger partial charge on any atom is -0.342 e. The molecule has 1 aliphatic heterocycles. The molecule has 1 aromatic carbocycles. The van der Waals surface area contributed by atoms with Crippen molar-refractivity contribution in [1.29, 1.82) is 0 Å². The van der Waals surface area contributed by atoms with Crippen LogP contribution in [0.4, 0.5) is 5.69 Å². The SMILES string of the molecule is CCN1CCc2ccc([N+](=O)[O-])cc2CC1=O. The molecule has 1 aromatic rings. The Kier molecular flexibility index (Phi) is 3.08. The maximum Gasteiger partial charge on any atom is 0.269 e. The Hall–Kier alpha value is -1.91. The van der Waals surface area contributed by atoms with Crippen LogP contribution in [-0.2, 0) is 17.6 Å². The molecule has 17 heavy (non-hydrogen) atoms. The van der Waals surface area contributed by atoms with Gasteiger partial charge in [0.1, 0.15) is 0 Å². The molecule has 0 fully saturated rings. The van der Waals surface area contributed by atoms with E-state index >= 15 is 0 Å². The third-order valence-electron chi connectivity index (χ3n) is 3.13. The number of carbonyl (C=O) groups is 1. The molecular weight excluding hydrogens is 220 g/mol. The first-order valence-corrected chi connectivity index (χ1v) is 5.65. The van der Waals surface area contributed by atoms with Gasteiger partial charge in [-0.2, -0.15) is 0 Å². The van der Waals surface area contributed by atoms with Crippen LogP contribution in [0.2, 0.25) is 0 Å². The quantitative estimate of drug-likeness (QED) is 0.576. The number of carbonyl (C=O) groups excluding carboxylic acids is 1. The summed E-state index contributed by atoms with van der Waals surface area (Å²) in [5.74, 6) is 0.0479. The van der Waals surface area contributed by atoms with Crippen molar-refractivity contribution in [2.24, 2.45) is 0 Å². The molecule has 1 heterocycles. The second-order valence-corrected chi connectivity index (χ2v) is 4.11. The molecule has 0 aliphatic carbocycles. The van der Waals surface area contributed by atoms with Crippen LogP contribution in [0, 0.1) is 10.1 Å². The van der Waals surface area contributed by atoms with Crippen molar-refractivity contribution in [1.82, 2.24) is 4.90 Å². The van der Waals surface area contributed by atoms with Gasteiger partial charge in [-0.15, -0.1) is 0 Å². The molecule has 5 nitrogen and oxygen atoms in total. The topological polar surface area (TPSA) is 63.4 Å². The van der Waals surface area contributed by atoms with Crippen LogP contribution in [-0.4, -0.2) is 28.8 Å². The van der Waals surface area contributed by atoms with Gasteiger partial charge < -0.3 is 4.90 Å². The summed E-state index contributed by atoms with van der Waals surface area (Å²) >= 11 is 0. The van der Waals surface area contributed by atoms with Crippen molar-refractivity contribution in [3.8, 4) is 0 Å². The summed E-state index contributed by atoms with van der Waals surface area (Å²) in [6, 6.07) is 4.79. The highest BCUT2D eigenvalue weighted by Gasteiger charge is 2.21. The van der Waals surface area contributed by atoms with Crippen LogP contribution in [0.3, 0.4) is 0 Å². The van der Waals surface area contributed by atoms with Crippen molar-refractivity contribution < 1.29 is 9.72 Å². The van der Waals surface area contributed by atoms with Crippen LogP contribution < -0.4 is 0 Å². The minimum absolute atomic E-state index is 0.0479. The van der Waals surface area contributed by atoms with E-state index in [9.17, 15) is 14.9 Å². The van der Waals surface area contributed by atoms with Crippen LogP contribution in [0.15, 0.2) is 18.2 Å². The molecular formula is C12H14N2O3. The standard InChI is InChI=1S/C12H14N2O3/c1-2-13-6-5-9-3-4-11(14(16)17)7-10(9)8-12(13)15/h3-4,7H,2,5-6,8H2,1H3. The molecule has 0 saturated carbocycles.